The van der Waals surface area contributed by atoms with Gasteiger partial charge in [0, 0.05) is 18.6 Å². The first-order valence-corrected chi connectivity index (χ1v) is 3.26. The van der Waals surface area contributed by atoms with Crippen LogP contribution < -0.4 is 0 Å². The molecule has 0 saturated carbocycles. The molecule has 1 heterocycles. The fraction of sp³-hybridized carbons (Fsp3) is 0.125. The summed E-state index contributed by atoms with van der Waals surface area (Å²) in [5.74, 6) is 0. The maximum atomic E-state index is 4.06. The van der Waals surface area contributed by atoms with Crippen LogP contribution in [0.25, 0.3) is 0 Å². The molecule has 11 heavy (non-hydrogen) atoms. The van der Waals surface area contributed by atoms with Gasteiger partial charge in [0.15, 0.2) is 0 Å². The Bertz CT molecular complexity index is 278. The van der Waals surface area contributed by atoms with E-state index in [1.807, 2.05) is 6.92 Å². The number of aliphatic imine (C=N–C) groups is 1. The van der Waals surface area contributed by atoms with Gasteiger partial charge in [0.05, 0.1) is 11.9 Å². The molecule has 1 rings (SSSR count). The first-order valence-electron chi connectivity index (χ1n) is 3.26. The zero-order valence-electron chi connectivity index (χ0n) is 6.36. The second-order valence-corrected chi connectivity index (χ2v) is 1.99. The molecule has 0 N–H and O–H groups in total. The maximum Gasteiger partial charge on any atom is 0.102 e. The van der Waals surface area contributed by atoms with Crippen LogP contribution in [-0.2, 0) is 0 Å². The van der Waals surface area contributed by atoms with Crippen molar-refractivity contribution in [1.29, 1.82) is 0 Å². The minimum atomic E-state index is 0.785. The summed E-state index contributed by atoms with van der Waals surface area (Å²) in [4.78, 5) is 11.9. The summed E-state index contributed by atoms with van der Waals surface area (Å²) in [6.45, 7) is 5.35. The van der Waals surface area contributed by atoms with Crippen LogP contribution in [0.15, 0.2) is 30.2 Å². The van der Waals surface area contributed by atoms with E-state index >= 15 is 0 Å². The van der Waals surface area contributed by atoms with Crippen LogP contribution in [-0.4, -0.2) is 16.2 Å². The molecule has 3 heteroatoms. The van der Waals surface area contributed by atoms with E-state index in [1.54, 1.807) is 18.6 Å². The average molecular weight is 147 g/mol. The second kappa shape index (κ2) is 3.61. The first-order chi connectivity index (χ1) is 5.34. The third kappa shape index (κ3) is 1.97. The quantitative estimate of drug-likeness (QED) is 0.592. The van der Waals surface area contributed by atoms with Crippen LogP contribution in [0.3, 0.4) is 0 Å². The van der Waals surface area contributed by atoms with E-state index < -0.39 is 0 Å². The van der Waals surface area contributed by atoms with Crippen molar-refractivity contribution < 1.29 is 0 Å². The molecule has 0 spiro atoms. The highest BCUT2D eigenvalue weighted by molar-refractivity contribution is 5.78. The van der Waals surface area contributed by atoms with E-state index in [-0.39, 0.29) is 0 Å². The molecule has 0 bridgehead atoms. The molecule has 0 aliphatic heterocycles. The Morgan fingerprint density at radius 1 is 1.45 bits per heavy atom. The summed E-state index contributed by atoms with van der Waals surface area (Å²) in [7, 11) is 0. The number of rotatable bonds is 2. The Morgan fingerprint density at radius 2 is 2.18 bits per heavy atom. The Morgan fingerprint density at radius 3 is 2.82 bits per heavy atom. The van der Waals surface area contributed by atoms with Crippen LogP contribution in [0, 0.1) is 6.92 Å². The summed E-state index contributed by atoms with van der Waals surface area (Å²) < 4.78 is 0. The topological polar surface area (TPSA) is 38.1 Å². The van der Waals surface area contributed by atoms with Gasteiger partial charge in [-0.2, -0.15) is 0 Å². The SMILES string of the molecule is C=CN=Cc1nccnc1C. The molecular formula is C8H9N3. The van der Waals surface area contributed by atoms with E-state index in [2.05, 4.69) is 21.5 Å². The van der Waals surface area contributed by atoms with E-state index in [9.17, 15) is 0 Å². The zero-order chi connectivity index (χ0) is 8.10. The van der Waals surface area contributed by atoms with Gasteiger partial charge in [0.2, 0.25) is 0 Å². The lowest BCUT2D eigenvalue weighted by Crippen LogP contribution is -1.93. The highest BCUT2D eigenvalue weighted by Crippen LogP contribution is 1.94. The Kier molecular flexibility index (Phi) is 2.49. The van der Waals surface area contributed by atoms with Gasteiger partial charge in [-0.05, 0) is 6.92 Å². The highest BCUT2D eigenvalue weighted by Gasteiger charge is 1.92. The Hall–Kier alpha value is -1.51. The van der Waals surface area contributed by atoms with Crippen LogP contribution in [0.5, 0.6) is 0 Å². The number of aryl methyl sites for hydroxylation is 1. The second-order valence-electron chi connectivity index (χ2n) is 1.99. The average Bonchev–Trinajstić information content (AvgIpc) is 2.03. The molecule has 1 aromatic rings. The predicted molar refractivity (Wildman–Crippen MR) is 44.6 cm³/mol. The fourth-order valence-electron chi connectivity index (χ4n) is 0.668. The van der Waals surface area contributed by atoms with Crippen LogP contribution >= 0.6 is 0 Å². The van der Waals surface area contributed by atoms with E-state index in [0.29, 0.717) is 0 Å². The molecule has 0 amide bonds. The van der Waals surface area contributed by atoms with Gasteiger partial charge in [-0.1, -0.05) is 6.58 Å². The zero-order valence-corrected chi connectivity index (χ0v) is 6.36. The molecule has 0 aliphatic carbocycles. The monoisotopic (exact) mass is 147 g/mol. The van der Waals surface area contributed by atoms with Crippen molar-refractivity contribution in [3.8, 4) is 0 Å². The predicted octanol–water partition coefficient (Wildman–Crippen LogP) is 1.35. The molecule has 0 aromatic carbocycles. The lowest BCUT2D eigenvalue weighted by molar-refractivity contribution is 1.10. The summed E-state index contributed by atoms with van der Waals surface area (Å²) in [5, 5.41) is 0. The maximum absolute atomic E-state index is 4.06. The minimum Gasteiger partial charge on any atom is -0.263 e. The first kappa shape index (κ1) is 7.60. The Labute approximate surface area is 65.5 Å². The van der Waals surface area contributed by atoms with Crippen molar-refractivity contribution >= 4 is 6.21 Å². The summed E-state index contributed by atoms with van der Waals surface area (Å²) in [5.41, 5.74) is 1.66. The smallest absolute Gasteiger partial charge is 0.102 e. The van der Waals surface area contributed by atoms with Crippen LogP contribution in [0.1, 0.15) is 11.4 Å². The number of nitrogens with zero attached hydrogens (tertiary/aromatic N) is 3. The molecular weight excluding hydrogens is 138 g/mol. The largest absolute Gasteiger partial charge is 0.263 e. The summed E-state index contributed by atoms with van der Waals surface area (Å²) in [6, 6.07) is 0. The van der Waals surface area contributed by atoms with Gasteiger partial charge in [-0.25, -0.2) is 0 Å². The summed E-state index contributed by atoms with van der Waals surface area (Å²) in [6.07, 6.45) is 6.39. The third-order valence-electron chi connectivity index (χ3n) is 1.22. The van der Waals surface area contributed by atoms with Gasteiger partial charge < -0.3 is 0 Å². The van der Waals surface area contributed by atoms with Gasteiger partial charge in [-0.3, -0.25) is 15.0 Å². The number of hydrogen-bond acceptors (Lipinski definition) is 3. The summed E-state index contributed by atoms with van der Waals surface area (Å²) >= 11 is 0. The number of hydrogen-bond donors (Lipinski definition) is 0. The molecule has 0 radical (unpaired) electrons. The van der Waals surface area contributed by atoms with Crippen molar-refractivity contribution in [1.82, 2.24) is 9.97 Å². The normalized spacial score (nSPS) is 10.3. The van der Waals surface area contributed by atoms with Gasteiger partial charge in [0.1, 0.15) is 5.69 Å². The Balaban J connectivity index is 2.94. The van der Waals surface area contributed by atoms with E-state index in [0.717, 1.165) is 11.4 Å². The van der Waals surface area contributed by atoms with Crippen LogP contribution in [0.4, 0.5) is 0 Å². The van der Waals surface area contributed by atoms with Crippen molar-refractivity contribution in [2.45, 2.75) is 6.92 Å². The molecule has 0 fully saturated rings. The van der Waals surface area contributed by atoms with Gasteiger partial charge in [0.25, 0.3) is 0 Å². The van der Waals surface area contributed by atoms with E-state index in [4.69, 9.17) is 0 Å². The van der Waals surface area contributed by atoms with Crippen molar-refractivity contribution in [2.24, 2.45) is 4.99 Å². The minimum absolute atomic E-state index is 0.785. The van der Waals surface area contributed by atoms with Gasteiger partial charge in [-0.15, -0.1) is 0 Å². The van der Waals surface area contributed by atoms with E-state index in [1.165, 1.54) is 6.20 Å². The lowest BCUT2D eigenvalue weighted by Gasteiger charge is -1.93. The lowest BCUT2D eigenvalue weighted by atomic mass is 10.3. The third-order valence-corrected chi connectivity index (χ3v) is 1.22. The van der Waals surface area contributed by atoms with Gasteiger partial charge >= 0.3 is 0 Å². The molecule has 3 nitrogen and oxygen atoms in total. The standard InChI is InChI=1S/C8H9N3/c1-3-9-6-8-7(2)10-4-5-11-8/h3-6H,1H2,2H3. The van der Waals surface area contributed by atoms with Crippen LogP contribution in [0.2, 0.25) is 0 Å². The van der Waals surface area contributed by atoms with Crippen molar-refractivity contribution in [3.63, 3.8) is 0 Å². The molecule has 0 atom stereocenters. The van der Waals surface area contributed by atoms with Crippen molar-refractivity contribution in [3.05, 3.63) is 36.6 Å². The number of aromatic nitrogens is 2. The fourth-order valence-corrected chi connectivity index (χ4v) is 0.668. The molecule has 1 aromatic heterocycles. The molecule has 0 aliphatic rings. The molecule has 0 unspecified atom stereocenters. The molecule has 0 saturated heterocycles. The molecule has 56 valence electrons. The van der Waals surface area contributed by atoms with Crippen molar-refractivity contribution in [2.75, 3.05) is 0 Å². The highest BCUT2D eigenvalue weighted by atomic mass is 14.8.